The zero-order valence-electron chi connectivity index (χ0n) is 14.3. The van der Waals surface area contributed by atoms with Crippen molar-refractivity contribution in [1.29, 1.82) is 0 Å². The lowest BCUT2D eigenvalue weighted by Gasteiger charge is -2.26. The number of amides is 1. The van der Waals surface area contributed by atoms with Crippen molar-refractivity contribution in [2.75, 3.05) is 7.05 Å². The summed E-state index contributed by atoms with van der Waals surface area (Å²) in [5.74, 6) is -0.430. The molecule has 5 heteroatoms. The predicted molar refractivity (Wildman–Crippen MR) is 98.4 cm³/mol. The number of carbonyl (C=O) groups is 1. The van der Waals surface area contributed by atoms with Crippen molar-refractivity contribution in [2.45, 2.75) is 19.9 Å². The highest BCUT2D eigenvalue weighted by molar-refractivity contribution is 6.31. The van der Waals surface area contributed by atoms with Gasteiger partial charge in [-0.05, 0) is 55.8 Å². The summed E-state index contributed by atoms with van der Waals surface area (Å²) in [7, 11) is 1.73. The molecule has 1 aromatic heterocycles. The van der Waals surface area contributed by atoms with E-state index >= 15 is 0 Å². The molecule has 0 bridgehead atoms. The molecule has 1 unspecified atom stereocenters. The highest BCUT2D eigenvalue weighted by atomic mass is 35.5. The van der Waals surface area contributed by atoms with Crippen LogP contribution in [-0.2, 0) is 0 Å². The fourth-order valence-corrected chi connectivity index (χ4v) is 2.97. The number of pyridine rings is 1. The Morgan fingerprint density at radius 3 is 2.52 bits per heavy atom. The Morgan fingerprint density at radius 1 is 1.16 bits per heavy atom. The van der Waals surface area contributed by atoms with Crippen LogP contribution in [-0.4, -0.2) is 22.8 Å². The van der Waals surface area contributed by atoms with E-state index in [2.05, 4.69) is 4.98 Å². The van der Waals surface area contributed by atoms with Crippen LogP contribution in [0.2, 0.25) is 5.02 Å². The minimum Gasteiger partial charge on any atom is -0.335 e. The van der Waals surface area contributed by atoms with Crippen molar-refractivity contribution in [3.05, 3.63) is 76.2 Å². The van der Waals surface area contributed by atoms with Gasteiger partial charge in [0, 0.05) is 17.5 Å². The maximum absolute atomic E-state index is 13.1. The van der Waals surface area contributed by atoms with E-state index in [1.165, 1.54) is 12.1 Å². The maximum atomic E-state index is 13.1. The number of halogens is 2. The lowest BCUT2D eigenvalue weighted by Crippen LogP contribution is -2.30. The van der Waals surface area contributed by atoms with Crippen molar-refractivity contribution < 1.29 is 9.18 Å². The minimum atomic E-state index is -0.295. The molecule has 1 heterocycles. The van der Waals surface area contributed by atoms with E-state index in [-0.39, 0.29) is 17.8 Å². The third kappa shape index (κ3) is 3.49. The van der Waals surface area contributed by atoms with Crippen molar-refractivity contribution in [1.82, 2.24) is 9.88 Å². The molecule has 3 aromatic rings. The summed E-state index contributed by atoms with van der Waals surface area (Å²) >= 11 is 6.04. The standard InChI is InChI=1S/C20H18ClFN2O/c1-12-18(11-15-10-16(21)6-9-19(15)23-12)20(25)24(3)13(2)14-4-7-17(22)8-5-14/h4-11,13H,1-3H3. The third-order valence-electron chi connectivity index (χ3n) is 4.45. The van der Waals surface area contributed by atoms with Crippen molar-refractivity contribution in [3.8, 4) is 0 Å². The Hall–Kier alpha value is -2.46. The van der Waals surface area contributed by atoms with Gasteiger partial charge >= 0.3 is 0 Å². The second-order valence-electron chi connectivity index (χ2n) is 6.10. The molecule has 2 aromatic carbocycles. The SMILES string of the molecule is Cc1nc2ccc(Cl)cc2cc1C(=O)N(C)C(C)c1ccc(F)cc1. The van der Waals surface area contributed by atoms with Crippen molar-refractivity contribution >= 4 is 28.4 Å². The first-order valence-electron chi connectivity index (χ1n) is 7.96. The highest BCUT2D eigenvalue weighted by Crippen LogP contribution is 2.25. The van der Waals surface area contributed by atoms with E-state index in [1.807, 2.05) is 26.0 Å². The first-order chi connectivity index (χ1) is 11.9. The molecule has 0 aliphatic heterocycles. The molecule has 0 saturated carbocycles. The van der Waals surface area contributed by atoms with E-state index in [0.717, 1.165) is 16.5 Å². The number of aryl methyl sites for hydroxylation is 1. The smallest absolute Gasteiger partial charge is 0.255 e. The molecule has 1 atom stereocenters. The monoisotopic (exact) mass is 356 g/mol. The number of fused-ring (bicyclic) bond motifs is 1. The molecule has 0 aliphatic rings. The quantitative estimate of drug-likeness (QED) is 0.648. The van der Waals surface area contributed by atoms with Gasteiger partial charge in [-0.25, -0.2) is 4.39 Å². The average Bonchev–Trinajstić information content (AvgIpc) is 2.60. The van der Waals surface area contributed by atoms with Crippen LogP contribution in [0.5, 0.6) is 0 Å². The van der Waals surface area contributed by atoms with Gasteiger partial charge in [-0.1, -0.05) is 23.7 Å². The van der Waals surface area contributed by atoms with E-state index in [9.17, 15) is 9.18 Å². The van der Waals surface area contributed by atoms with Gasteiger partial charge in [0.15, 0.2) is 0 Å². The summed E-state index contributed by atoms with van der Waals surface area (Å²) in [5.41, 5.74) is 2.86. The fourth-order valence-electron chi connectivity index (χ4n) is 2.79. The number of aromatic nitrogens is 1. The van der Waals surface area contributed by atoms with Gasteiger partial charge in [-0.3, -0.25) is 9.78 Å². The van der Waals surface area contributed by atoms with Crippen LogP contribution in [0, 0.1) is 12.7 Å². The lowest BCUT2D eigenvalue weighted by atomic mass is 10.0. The summed E-state index contributed by atoms with van der Waals surface area (Å²) in [6.45, 7) is 3.73. The predicted octanol–water partition coefficient (Wildman–Crippen LogP) is 5.17. The van der Waals surface area contributed by atoms with Gasteiger partial charge in [-0.2, -0.15) is 0 Å². The van der Waals surface area contributed by atoms with Crippen molar-refractivity contribution in [2.24, 2.45) is 0 Å². The topological polar surface area (TPSA) is 33.2 Å². The van der Waals surface area contributed by atoms with Crippen LogP contribution < -0.4 is 0 Å². The molecule has 25 heavy (non-hydrogen) atoms. The molecule has 0 radical (unpaired) electrons. The van der Waals surface area contributed by atoms with E-state index < -0.39 is 0 Å². The third-order valence-corrected chi connectivity index (χ3v) is 4.69. The largest absolute Gasteiger partial charge is 0.335 e. The van der Waals surface area contributed by atoms with E-state index in [0.29, 0.717) is 16.3 Å². The summed E-state index contributed by atoms with van der Waals surface area (Å²) in [5, 5.41) is 1.42. The molecular formula is C20H18ClFN2O. The Bertz CT molecular complexity index is 940. The molecule has 0 spiro atoms. The molecule has 1 amide bonds. The molecule has 0 aliphatic carbocycles. The van der Waals surface area contributed by atoms with Gasteiger partial charge in [0.25, 0.3) is 5.91 Å². The van der Waals surface area contributed by atoms with Crippen LogP contribution >= 0.6 is 11.6 Å². The average molecular weight is 357 g/mol. The summed E-state index contributed by atoms with van der Waals surface area (Å²) in [6.07, 6.45) is 0. The minimum absolute atomic E-state index is 0.135. The second kappa shape index (κ2) is 6.81. The fraction of sp³-hybridized carbons (Fsp3) is 0.200. The number of rotatable bonds is 3. The Kier molecular flexibility index (Phi) is 4.73. The van der Waals surface area contributed by atoms with Crippen LogP contribution in [0.3, 0.4) is 0 Å². The maximum Gasteiger partial charge on any atom is 0.255 e. The first kappa shape index (κ1) is 17.4. The van der Waals surface area contributed by atoms with E-state index in [1.54, 1.807) is 36.2 Å². The Labute approximate surface area is 151 Å². The number of hydrogen-bond acceptors (Lipinski definition) is 2. The summed E-state index contributed by atoms with van der Waals surface area (Å²) in [6, 6.07) is 13.2. The normalized spacial score (nSPS) is 12.2. The molecule has 0 N–H and O–H groups in total. The molecule has 0 fully saturated rings. The summed E-state index contributed by atoms with van der Waals surface area (Å²) in [4.78, 5) is 19.1. The van der Waals surface area contributed by atoms with Crippen molar-refractivity contribution in [3.63, 3.8) is 0 Å². The number of carbonyl (C=O) groups excluding carboxylic acids is 1. The first-order valence-corrected chi connectivity index (χ1v) is 8.34. The zero-order valence-corrected chi connectivity index (χ0v) is 15.0. The molecule has 3 nitrogen and oxygen atoms in total. The van der Waals surface area contributed by atoms with Gasteiger partial charge in [0.2, 0.25) is 0 Å². The van der Waals surface area contributed by atoms with Crippen LogP contribution in [0.15, 0.2) is 48.5 Å². The molecule has 128 valence electrons. The highest BCUT2D eigenvalue weighted by Gasteiger charge is 2.21. The van der Waals surface area contributed by atoms with Gasteiger partial charge in [0.05, 0.1) is 22.8 Å². The second-order valence-corrected chi connectivity index (χ2v) is 6.54. The summed E-state index contributed by atoms with van der Waals surface area (Å²) < 4.78 is 13.1. The Balaban J connectivity index is 1.95. The molecule has 0 saturated heterocycles. The molecule has 3 rings (SSSR count). The van der Waals surface area contributed by atoms with Gasteiger partial charge in [-0.15, -0.1) is 0 Å². The number of hydrogen-bond donors (Lipinski definition) is 0. The van der Waals surface area contributed by atoms with Crippen LogP contribution in [0.1, 0.15) is 34.6 Å². The Morgan fingerprint density at radius 2 is 1.84 bits per heavy atom. The van der Waals surface area contributed by atoms with Gasteiger partial charge < -0.3 is 4.90 Å². The van der Waals surface area contributed by atoms with E-state index in [4.69, 9.17) is 11.6 Å². The molecular weight excluding hydrogens is 339 g/mol. The lowest BCUT2D eigenvalue weighted by molar-refractivity contribution is 0.0741. The van der Waals surface area contributed by atoms with Gasteiger partial charge in [0.1, 0.15) is 5.82 Å². The van der Waals surface area contributed by atoms with Crippen LogP contribution in [0.25, 0.3) is 10.9 Å². The van der Waals surface area contributed by atoms with Crippen LogP contribution in [0.4, 0.5) is 4.39 Å². The number of benzene rings is 2. The number of nitrogens with zero attached hydrogens (tertiary/aromatic N) is 2. The zero-order chi connectivity index (χ0) is 18.1.